The van der Waals surface area contributed by atoms with Crippen LogP contribution in [0.5, 0.6) is 0 Å². The first kappa shape index (κ1) is 10.3. The van der Waals surface area contributed by atoms with E-state index in [1.165, 1.54) is 0 Å². The molecule has 2 nitrogen and oxygen atoms in total. The van der Waals surface area contributed by atoms with Gasteiger partial charge in [0, 0.05) is 0 Å². The maximum atomic E-state index is 12.1. The molecular weight excluding hydrogens is 154 g/mol. The molecule has 2 N–H and O–H groups in total. The van der Waals surface area contributed by atoms with Crippen LogP contribution in [0.25, 0.3) is 0 Å². The number of hydrogen-bond acceptors (Lipinski definition) is 2. The van der Waals surface area contributed by atoms with Gasteiger partial charge in [0.05, 0.1) is 0 Å². The van der Waals surface area contributed by atoms with Crippen molar-refractivity contribution in [2.75, 3.05) is 6.16 Å². The van der Waals surface area contributed by atoms with Crippen molar-refractivity contribution < 1.29 is 14.0 Å². The van der Waals surface area contributed by atoms with Gasteiger partial charge in [-0.2, -0.15) is 0 Å². The molecule has 0 aromatic rings. The molecule has 0 bridgehead atoms. The van der Waals surface area contributed by atoms with Crippen molar-refractivity contribution in [3.63, 3.8) is 0 Å². The van der Waals surface area contributed by atoms with Crippen LogP contribution < -0.4 is 0 Å². The average molecular weight is 170 g/mol. The van der Waals surface area contributed by atoms with Crippen molar-refractivity contribution in [2.24, 2.45) is 0 Å². The van der Waals surface area contributed by atoms with E-state index < -0.39 is 8.03 Å². The van der Waals surface area contributed by atoms with E-state index >= 15 is 0 Å². The summed E-state index contributed by atoms with van der Waals surface area (Å²) in [4.78, 5) is 16.7. The van der Waals surface area contributed by atoms with Crippen LogP contribution in [0.1, 0.15) is 32.6 Å². The average Bonchev–Trinajstić information content (AvgIpc) is 1.78. The number of unbranched alkanes of at least 4 members (excludes halogenated alkanes) is 3. The Morgan fingerprint density at radius 3 is 2.20 bits per heavy atom. The first-order chi connectivity index (χ1) is 4.56. The van der Waals surface area contributed by atoms with Gasteiger partial charge >= 0.3 is 60.8 Å². The van der Waals surface area contributed by atoms with Crippen LogP contribution in [0.4, 0.5) is 4.20 Å². The molecule has 0 atom stereocenters. The second kappa shape index (κ2) is 5.00. The van der Waals surface area contributed by atoms with E-state index in [1.807, 2.05) is 0 Å². The van der Waals surface area contributed by atoms with Gasteiger partial charge in [-0.15, -0.1) is 0 Å². The molecule has 0 amide bonds. The SMILES string of the molecule is CCCCCC[PH](O)(O)F. The van der Waals surface area contributed by atoms with E-state index in [2.05, 4.69) is 6.92 Å². The summed E-state index contributed by atoms with van der Waals surface area (Å²) in [5.74, 6) is 0. The van der Waals surface area contributed by atoms with Gasteiger partial charge in [0.1, 0.15) is 0 Å². The second-order valence-electron chi connectivity index (χ2n) is 2.53. The Kier molecular flexibility index (Phi) is 5.14. The van der Waals surface area contributed by atoms with E-state index in [4.69, 9.17) is 9.79 Å². The zero-order valence-electron chi connectivity index (χ0n) is 6.31. The molecule has 0 unspecified atom stereocenters. The Balaban J connectivity index is 3.04. The van der Waals surface area contributed by atoms with Gasteiger partial charge in [-0.1, -0.05) is 0 Å². The Morgan fingerprint density at radius 1 is 1.20 bits per heavy atom. The summed E-state index contributed by atoms with van der Waals surface area (Å²) in [6, 6.07) is 0. The van der Waals surface area contributed by atoms with Gasteiger partial charge in [0.2, 0.25) is 0 Å². The molecule has 10 heavy (non-hydrogen) atoms. The van der Waals surface area contributed by atoms with Crippen molar-refractivity contribution in [1.29, 1.82) is 0 Å². The molecule has 0 aliphatic rings. The van der Waals surface area contributed by atoms with Crippen molar-refractivity contribution in [1.82, 2.24) is 0 Å². The molecule has 0 heterocycles. The van der Waals surface area contributed by atoms with Crippen LogP contribution >= 0.6 is 8.03 Å². The maximum absolute atomic E-state index is 12.1. The molecule has 0 aliphatic heterocycles. The van der Waals surface area contributed by atoms with Crippen LogP contribution in [-0.2, 0) is 0 Å². The molecule has 0 rings (SSSR count). The minimum atomic E-state index is -4.21. The van der Waals surface area contributed by atoms with Crippen molar-refractivity contribution >= 4 is 8.03 Å². The van der Waals surface area contributed by atoms with E-state index in [-0.39, 0.29) is 6.16 Å². The summed E-state index contributed by atoms with van der Waals surface area (Å²) in [5, 5.41) is 0. The first-order valence-corrected chi connectivity index (χ1v) is 5.68. The Hall–Kier alpha value is 0.280. The molecule has 0 aliphatic carbocycles. The Labute approximate surface area is 61.7 Å². The van der Waals surface area contributed by atoms with E-state index in [0.717, 1.165) is 19.3 Å². The second-order valence-corrected chi connectivity index (χ2v) is 4.47. The van der Waals surface area contributed by atoms with Crippen LogP contribution in [-0.4, -0.2) is 15.9 Å². The zero-order valence-corrected chi connectivity index (χ0v) is 7.31. The monoisotopic (exact) mass is 170 g/mol. The van der Waals surface area contributed by atoms with Gasteiger partial charge in [-0.3, -0.25) is 0 Å². The molecule has 4 heteroatoms. The van der Waals surface area contributed by atoms with Gasteiger partial charge in [0.15, 0.2) is 0 Å². The quantitative estimate of drug-likeness (QED) is 0.489. The standard InChI is InChI=1S/C6H16FO2P/c1-2-3-4-5-6-10(7,8)9/h8-10H,2-6H2,1H3. The summed E-state index contributed by atoms with van der Waals surface area (Å²) < 4.78 is 12.1. The van der Waals surface area contributed by atoms with Gasteiger partial charge in [-0.25, -0.2) is 0 Å². The predicted molar refractivity (Wildman–Crippen MR) is 42.9 cm³/mol. The van der Waals surface area contributed by atoms with Gasteiger partial charge in [0.25, 0.3) is 0 Å². The van der Waals surface area contributed by atoms with E-state index in [1.54, 1.807) is 0 Å². The molecular formula is C6H16FO2P. The Bertz CT molecular complexity index is 82.3. The third kappa shape index (κ3) is 8.28. The van der Waals surface area contributed by atoms with Crippen LogP contribution in [0, 0.1) is 0 Å². The van der Waals surface area contributed by atoms with Gasteiger partial charge in [-0.05, 0) is 0 Å². The Morgan fingerprint density at radius 2 is 1.80 bits per heavy atom. The molecule has 0 aromatic heterocycles. The normalized spacial score (nSPS) is 13.6. The molecule has 0 aromatic carbocycles. The molecule has 0 spiro atoms. The van der Waals surface area contributed by atoms with Gasteiger partial charge < -0.3 is 0 Å². The fourth-order valence-corrected chi connectivity index (χ4v) is 1.48. The first-order valence-electron chi connectivity index (χ1n) is 3.70. The fourth-order valence-electron chi connectivity index (χ4n) is 0.777. The van der Waals surface area contributed by atoms with Crippen LogP contribution in [0.3, 0.4) is 0 Å². The summed E-state index contributed by atoms with van der Waals surface area (Å²) in [5.41, 5.74) is 0. The molecule has 0 saturated heterocycles. The van der Waals surface area contributed by atoms with Crippen LogP contribution in [0.15, 0.2) is 0 Å². The minimum absolute atomic E-state index is 0.0347. The summed E-state index contributed by atoms with van der Waals surface area (Å²) in [6.45, 7) is 2.05. The van der Waals surface area contributed by atoms with E-state index in [9.17, 15) is 4.20 Å². The summed E-state index contributed by atoms with van der Waals surface area (Å²) >= 11 is 0. The molecule has 0 fully saturated rings. The number of rotatable bonds is 5. The topological polar surface area (TPSA) is 40.5 Å². The molecule has 0 radical (unpaired) electrons. The van der Waals surface area contributed by atoms with Crippen LogP contribution in [0.2, 0.25) is 0 Å². The van der Waals surface area contributed by atoms with Crippen molar-refractivity contribution in [3.8, 4) is 0 Å². The summed E-state index contributed by atoms with van der Waals surface area (Å²) in [6.07, 6.45) is 3.59. The number of halogens is 1. The van der Waals surface area contributed by atoms with Crippen molar-refractivity contribution in [3.05, 3.63) is 0 Å². The third-order valence-corrected chi connectivity index (χ3v) is 2.34. The van der Waals surface area contributed by atoms with E-state index in [0.29, 0.717) is 6.42 Å². The third-order valence-electron chi connectivity index (χ3n) is 1.35. The van der Waals surface area contributed by atoms with Crippen molar-refractivity contribution in [2.45, 2.75) is 32.6 Å². The summed E-state index contributed by atoms with van der Waals surface area (Å²) in [7, 11) is -4.21. The molecule has 0 saturated carbocycles. The molecule has 64 valence electrons. The number of hydrogen-bond donors (Lipinski definition) is 2. The predicted octanol–water partition coefficient (Wildman–Crippen LogP) is 2.02. The fraction of sp³-hybridized carbons (Fsp3) is 1.00. The zero-order chi connectivity index (χ0) is 8.04.